The maximum atomic E-state index is 14.4. The second-order valence-electron chi connectivity index (χ2n) is 18.2. The van der Waals surface area contributed by atoms with Crippen LogP contribution in [-0.4, -0.2) is 29.4 Å². The van der Waals surface area contributed by atoms with Crippen LogP contribution in [0.25, 0.3) is 11.3 Å². The van der Waals surface area contributed by atoms with Crippen molar-refractivity contribution in [1.29, 1.82) is 0 Å². The lowest BCUT2D eigenvalue weighted by atomic mass is 9.33. The van der Waals surface area contributed by atoms with E-state index in [1.807, 2.05) is 30.3 Å². The van der Waals surface area contributed by atoms with Gasteiger partial charge in [0.05, 0.1) is 18.6 Å². The topological polar surface area (TPSA) is 81.8 Å². The van der Waals surface area contributed by atoms with Crippen LogP contribution >= 0.6 is 0 Å². The van der Waals surface area contributed by atoms with Crippen molar-refractivity contribution in [2.24, 2.45) is 50.2 Å². The van der Waals surface area contributed by atoms with Crippen molar-refractivity contribution in [2.45, 2.75) is 125 Å². The smallest absolute Gasteiger partial charge is 0.313 e. The number of hydrogen-bond donors (Lipinski definition) is 1. The molecule has 5 aliphatic rings. The van der Waals surface area contributed by atoms with Crippen molar-refractivity contribution < 1.29 is 23.9 Å². The molecule has 2 aromatic rings. The Morgan fingerprint density at radius 1 is 0.936 bits per heavy atom. The minimum absolute atomic E-state index is 0.0458. The van der Waals surface area contributed by atoms with Gasteiger partial charge in [-0.1, -0.05) is 65.3 Å². The Morgan fingerprint density at radius 3 is 2.38 bits per heavy atom. The maximum absolute atomic E-state index is 14.4. The summed E-state index contributed by atoms with van der Waals surface area (Å²) in [7, 11) is 1.65. The van der Waals surface area contributed by atoms with Crippen LogP contribution in [0.15, 0.2) is 46.5 Å². The van der Waals surface area contributed by atoms with Gasteiger partial charge in [-0.25, -0.2) is 0 Å². The lowest BCUT2D eigenvalue weighted by Crippen LogP contribution is -2.65. The van der Waals surface area contributed by atoms with Crippen LogP contribution in [-0.2, 0) is 16.1 Å². The van der Waals surface area contributed by atoms with Crippen LogP contribution in [0.2, 0.25) is 0 Å². The molecule has 6 heteroatoms. The van der Waals surface area contributed by atoms with Gasteiger partial charge in [0.25, 0.3) is 0 Å². The third kappa shape index (κ3) is 4.81. The summed E-state index contributed by atoms with van der Waals surface area (Å²) in [5.41, 5.74) is 3.23. The zero-order chi connectivity index (χ0) is 33.6. The molecule has 1 N–H and O–H groups in total. The summed E-state index contributed by atoms with van der Waals surface area (Å²) in [6.45, 7) is 17.2. The number of aromatic nitrogens is 1. The Morgan fingerprint density at radius 2 is 1.66 bits per heavy atom. The van der Waals surface area contributed by atoms with Crippen molar-refractivity contribution in [1.82, 2.24) is 5.16 Å². The monoisotopic (exact) mass is 643 g/mol. The number of carbonyl (C=O) groups excluding carboxylic acids is 1. The third-order valence-electron chi connectivity index (χ3n) is 15.3. The first-order valence-corrected chi connectivity index (χ1v) is 18.3. The van der Waals surface area contributed by atoms with Crippen molar-refractivity contribution >= 4 is 5.97 Å². The third-order valence-corrected chi connectivity index (χ3v) is 15.3. The van der Waals surface area contributed by atoms with E-state index in [0.29, 0.717) is 17.6 Å². The minimum Gasteiger partial charge on any atom is -0.497 e. The van der Waals surface area contributed by atoms with E-state index in [-0.39, 0.29) is 51.7 Å². The summed E-state index contributed by atoms with van der Waals surface area (Å²) in [5, 5.41) is 15.3. The highest BCUT2D eigenvalue weighted by Gasteiger charge is 2.69. The normalized spacial score (nSPS) is 40.1. The molecule has 0 spiro atoms. The molecule has 0 radical (unpaired) electrons. The van der Waals surface area contributed by atoms with E-state index in [2.05, 4.69) is 59.7 Å². The predicted octanol–water partition coefficient (Wildman–Crippen LogP) is 9.56. The number of fused-ring (bicyclic) bond motifs is 7. The molecule has 1 aromatic heterocycles. The van der Waals surface area contributed by atoms with Gasteiger partial charge in [-0.3, -0.25) is 4.79 Å². The largest absolute Gasteiger partial charge is 0.497 e. The highest BCUT2D eigenvalue weighted by Crippen LogP contribution is 2.75. The van der Waals surface area contributed by atoms with Gasteiger partial charge < -0.3 is 19.1 Å². The van der Waals surface area contributed by atoms with Gasteiger partial charge in [0.15, 0.2) is 12.4 Å². The lowest BCUT2D eigenvalue weighted by molar-refractivity contribution is -0.206. The van der Waals surface area contributed by atoms with Crippen LogP contribution in [0.3, 0.4) is 0 Å². The average molecular weight is 644 g/mol. The SMILES string of the molecule is COc1ccc(-c2cc(COC(=O)[C@]34CCC(C)(C)CC3C3=CCC5[C@@]6(C)CC[C@H](O)C(C)(C)C6CC[C@@]5(C)[C@]3(C)CC4)on2)cc1. The summed E-state index contributed by atoms with van der Waals surface area (Å²) < 4.78 is 17.1. The van der Waals surface area contributed by atoms with Gasteiger partial charge in [-0.2, -0.15) is 0 Å². The first-order chi connectivity index (χ1) is 22.1. The number of esters is 1. The summed E-state index contributed by atoms with van der Waals surface area (Å²) in [4.78, 5) is 14.4. The molecule has 5 aliphatic carbocycles. The van der Waals surface area contributed by atoms with E-state index in [1.165, 1.54) is 12.8 Å². The Balaban J connectivity index is 1.16. The number of aliphatic hydroxyl groups is 1. The van der Waals surface area contributed by atoms with Gasteiger partial charge in [-0.15, -0.1) is 0 Å². The maximum Gasteiger partial charge on any atom is 0.313 e. The van der Waals surface area contributed by atoms with E-state index in [4.69, 9.17) is 14.0 Å². The van der Waals surface area contributed by atoms with E-state index < -0.39 is 5.41 Å². The van der Waals surface area contributed by atoms with Crippen molar-refractivity contribution in [2.75, 3.05) is 7.11 Å². The van der Waals surface area contributed by atoms with E-state index in [1.54, 1.807) is 12.7 Å². The molecule has 47 heavy (non-hydrogen) atoms. The molecule has 7 rings (SSSR count). The highest BCUT2D eigenvalue weighted by atomic mass is 16.6. The van der Waals surface area contributed by atoms with Crippen molar-refractivity contribution in [3.8, 4) is 17.0 Å². The first kappa shape index (κ1) is 32.9. The molecule has 0 saturated heterocycles. The number of carbonyl (C=O) groups is 1. The molecule has 1 heterocycles. The molecule has 8 atom stereocenters. The Hall–Kier alpha value is -2.60. The van der Waals surface area contributed by atoms with E-state index >= 15 is 0 Å². The number of nitrogens with zero attached hydrogens (tertiary/aromatic N) is 1. The standard InChI is InChI=1S/C41H57NO5/c1-36(2)19-21-41(35(44)46-25-28-23-31(42-47-28)26-9-11-27(45-8)12-10-26)22-20-39(6)29(30(41)24-36)13-14-33-38(5)17-16-34(43)37(3,4)32(38)15-18-40(33,39)7/h9-13,23,30,32-34,43H,14-22,24-25H2,1-8H3/t30?,32?,33?,34-,38-,39+,40+,41-/m0/s1. The van der Waals surface area contributed by atoms with Crippen molar-refractivity contribution in [3.05, 3.63) is 47.7 Å². The zero-order valence-electron chi connectivity index (χ0n) is 30.1. The number of allylic oxidation sites excluding steroid dienone is 2. The minimum atomic E-state index is -0.499. The van der Waals surface area contributed by atoms with Crippen molar-refractivity contribution in [3.63, 3.8) is 0 Å². The predicted molar refractivity (Wildman–Crippen MR) is 183 cm³/mol. The number of methoxy groups -OCH3 is 1. The first-order valence-electron chi connectivity index (χ1n) is 18.3. The molecule has 3 unspecified atom stereocenters. The molecule has 0 aliphatic heterocycles. The van der Waals surface area contributed by atoms with Gasteiger partial charge in [0, 0.05) is 11.6 Å². The number of rotatable bonds is 5. The van der Waals surface area contributed by atoms with Gasteiger partial charge in [0.1, 0.15) is 11.4 Å². The Labute approximate surface area is 282 Å². The van der Waals surface area contributed by atoms with Gasteiger partial charge in [-0.05, 0) is 133 Å². The number of ether oxygens (including phenoxy) is 2. The summed E-state index contributed by atoms with van der Waals surface area (Å²) in [6, 6.07) is 9.58. The molecule has 1 aromatic carbocycles. The Kier molecular flexibility index (Phi) is 7.67. The van der Waals surface area contributed by atoms with E-state index in [9.17, 15) is 9.90 Å². The van der Waals surface area contributed by atoms with Crippen LogP contribution in [0.1, 0.15) is 118 Å². The molecule has 6 nitrogen and oxygen atoms in total. The molecule has 256 valence electrons. The van der Waals surface area contributed by atoms with Crippen LogP contribution < -0.4 is 4.74 Å². The molecule has 4 fully saturated rings. The van der Waals surface area contributed by atoms with E-state index in [0.717, 1.165) is 68.4 Å². The highest BCUT2D eigenvalue weighted by molar-refractivity contribution is 5.79. The fourth-order valence-corrected chi connectivity index (χ4v) is 12.2. The molecular weight excluding hydrogens is 586 g/mol. The molecule has 0 bridgehead atoms. The lowest BCUT2D eigenvalue weighted by Gasteiger charge is -2.71. The molecular formula is C41H57NO5. The second-order valence-corrected chi connectivity index (χ2v) is 18.2. The Bertz CT molecular complexity index is 1550. The van der Waals surface area contributed by atoms with Gasteiger partial charge >= 0.3 is 5.97 Å². The quantitative estimate of drug-likeness (QED) is 0.258. The fraction of sp³-hybridized carbons (Fsp3) is 0.707. The number of benzene rings is 1. The summed E-state index contributed by atoms with van der Waals surface area (Å²) in [6.07, 6.45) is 12.7. The van der Waals surface area contributed by atoms with Crippen LogP contribution in [0, 0.1) is 50.2 Å². The average Bonchev–Trinajstić information content (AvgIpc) is 3.51. The zero-order valence-corrected chi connectivity index (χ0v) is 30.1. The van der Waals surface area contributed by atoms with Gasteiger partial charge in [0.2, 0.25) is 0 Å². The summed E-state index contributed by atoms with van der Waals surface area (Å²) >= 11 is 0. The fourth-order valence-electron chi connectivity index (χ4n) is 12.2. The van der Waals surface area contributed by atoms with Crippen LogP contribution in [0.5, 0.6) is 5.75 Å². The number of aliphatic hydroxyl groups excluding tert-OH is 1. The molecule has 0 amide bonds. The summed E-state index contributed by atoms with van der Waals surface area (Å²) in [5.74, 6) is 2.59. The number of hydrogen-bond acceptors (Lipinski definition) is 6. The second kappa shape index (κ2) is 11.0. The van der Waals surface area contributed by atoms with Crippen LogP contribution in [0.4, 0.5) is 0 Å². The molecule has 4 saturated carbocycles.